The molecule has 1 fully saturated rings. The van der Waals surface area contributed by atoms with E-state index < -0.39 is 12.0 Å². The van der Waals surface area contributed by atoms with Crippen LogP contribution in [0.5, 0.6) is 5.75 Å². The fraction of sp³-hybridized carbons (Fsp3) is 0.346. The number of hydrogen-bond donors (Lipinski definition) is 1. The van der Waals surface area contributed by atoms with Crippen molar-refractivity contribution in [1.82, 2.24) is 4.67 Å². The lowest BCUT2D eigenvalue weighted by Gasteiger charge is -2.25. The van der Waals surface area contributed by atoms with E-state index in [-0.39, 0.29) is 12.4 Å². The predicted octanol–water partition coefficient (Wildman–Crippen LogP) is 4.07. The second-order valence-electron chi connectivity index (χ2n) is 8.93. The number of ether oxygens (including phenoxy) is 3. The summed E-state index contributed by atoms with van der Waals surface area (Å²) < 4.78 is 18.2. The topological polar surface area (TPSA) is 88.9 Å². The molecule has 0 bridgehead atoms. The molecule has 0 aromatic heterocycles. The molecule has 2 heterocycles. The number of nitrogens with zero attached hydrogens (tertiary/aromatic N) is 1. The van der Waals surface area contributed by atoms with Crippen LogP contribution in [0.1, 0.15) is 46.3 Å². The fourth-order valence-corrected chi connectivity index (χ4v) is 5.36. The second kappa shape index (κ2) is 9.32. The minimum atomic E-state index is -0.444. The first kappa shape index (κ1) is 22.8. The number of aryl methyl sites for hydroxylation is 1. The van der Waals surface area contributed by atoms with Crippen molar-refractivity contribution in [2.75, 3.05) is 20.3 Å². The summed E-state index contributed by atoms with van der Waals surface area (Å²) in [4.78, 5) is 25.3. The number of carbonyl (C=O) groups is 2. The number of methoxy groups -OCH3 is 1. The average molecular weight is 478 g/mol. The van der Waals surface area contributed by atoms with Crippen molar-refractivity contribution in [1.29, 1.82) is 5.41 Å². The molecule has 0 saturated carbocycles. The Balaban J connectivity index is 1.29. The average Bonchev–Trinajstić information content (AvgIpc) is 3.21. The van der Waals surface area contributed by atoms with Gasteiger partial charge in [0.05, 0.1) is 13.4 Å². The Bertz CT molecular complexity index is 1220. The summed E-state index contributed by atoms with van der Waals surface area (Å²) in [6.07, 6.45) is 4.91. The zero-order valence-corrected chi connectivity index (χ0v) is 20.2. The van der Waals surface area contributed by atoms with Gasteiger partial charge in [-0.2, -0.15) is 0 Å². The minimum absolute atomic E-state index is 0.248. The van der Waals surface area contributed by atoms with Gasteiger partial charge in [0.2, 0.25) is 0 Å². The van der Waals surface area contributed by atoms with E-state index in [1.54, 1.807) is 19.4 Å². The fourth-order valence-electron chi connectivity index (χ4n) is 4.90. The highest BCUT2D eigenvalue weighted by atomic mass is 31.0. The van der Waals surface area contributed by atoms with E-state index in [9.17, 15) is 9.59 Å². The van der Waals surface area contributed by atoms with E-state index in [4.69, 9.17) is 19.6 Å². The summed E-state index contributed by atoms with van der Waals surface area (Å²) in [6.45, 7) is 0.653. The summed E-state index contributed by atoms with van der Waals surface area (Å²) in [5.41, 5.74) is 7.29. The molecule has 176 valence electrons. The van der Waals surface area contributed by atoms with E-state index in [1.807, 2.05) is 22.9 Å². The van der Waals surface area contributed by atoms with Crippen molar-refractivity contribution in [2.24, 2.45) is 0 Å². The summed E-state index contributed by atoms with van der Waals surface area (Å²) in [5, 5.41) is 8.23. The normalized spacial score (nSPS) is 20.2. The number of rotatable bonds is 5. The Labute approximate surface area is 200 Å². The highest BCUT2D eigenvalue weighted by Crippen LogP contribution is 2.41. The van der Waals surface area contributed by atoms with Crippen molar-refractivity contribution in [3.05, 3.63) is 64.4 Å². The number of carbonyl (C=O) groups excluding carboxylic acids is 2. The number of nitrogens with one attached hydrogen (secondary N) is 1. The molecule has 1 saturated heterocycles. The van der Waals surface area contributed by atoms with Crippen molar-refractivity contribution < 1.29 is 23.8 Å². The van der Waals surface area contributed by atoms with E-state index in [0.29, 0.717) is 30.8 Å². The molecule has 0 spiro atoms. The number of esters is 1. The van der Waals surface area contributed by atoms with Gasteiger partial charge >= 0.3 is 5.97 Å². The Kier molecular flexibility index (Phi) is 6.24. The van der Waals surface area contributed by atoms with Gasteiger partial charge in [-0.15, -0.1) is 0 Å². The first-order chi connectivity index (χ1) is 16.4. The highest BCUT2D eigenvalue weighted by molar-refractivity contribution is 7.13. The van der Waals surface area contributed by atoms with Crippen molar-refractivity contribution in [3.63, 3.8) is 0 Å². The van der Waals surface area contributed by atoms with E-state index in [0.717, 1.165) is 52.8 Å². The highest BCUT2D eigenvalue weighted by Gasteiger charge is 2.33. The smallest absolute Gasteiger partial charge is 0.324 e. The third-order valence-corrected chi connectivity index (χ3v) is 7.19. The zero-order valence-electron chi connectivity index (χ0n) is 19.1. The number of fused-ring (bicyclic) bond motifs is 4. The predicted molar refractivity (Wildman–Crippen MR) is 131 cm³/mol. The van der Waals surface area contributed by atoms with Crippen LogP contribution in [0.15, 0.2) is 42.2 Å². The van der Waals surface area contributed by atoms with Gasteiger partial charge in [-0.1, -0.05) is 21.5 Å². The minimum Gasteiger partial charge on any atom is -0.504 e. The van der Waals surface area contributed by atoms with E-state index in [1.165, 1.54) is 5.56 Å². The Morgan fingerprint density at radius 3 is 2.85 bits per heavy atom. The molecule has 1 aliphatic carbocycles. The largest absolute Gasteiger partial charge is 0.504 e. The molecule has 7 nitrogen and oxygen atoms in total. The van der Waals surface area contributed by atoms with E-state index >= 15 is 0 Å². The van der Waals surface area contributed by atoms with Crippen LogP contribution in [0.2, 0.25) is 0 Å². The maximum absolute atomic E-state index is 12.8. The number of ketones is 1. The summed E-state index contributed by atoms with van der Waals surface area (Å²) >= 11 is 0. The Morgan fingerprint density at radius 2 is 2.03 bits per heavy atom. The lowest BCUT2D eigenvalue weighted by molar-refractivity contribution is -0.146. The van der Waals surface area contributed by atoms with Crippen LogP contribution in [0.4, 0.5) is 0 Å². The third-order valence-electron chi connectivity index (χ3n) is 6.65. The van der Waals surface area contributed by atoms with Crippen molar-refractivity contribution in [3.8, 4) is 16.9 Å². The summed E-state index contributed by atoms with van der Waals surface area (Å²) in [5.74, 6) is 0.113. The van der Waals surface area contributed by atoms with Gasteiger partial charge in [-0.25, -0.2) is 0 Å². The van der Waals surface area contributed by atoms with Crippen LogP contribution in [0.3, 0.4) is 0 Å². The molecular weight excluding hydrogens is 451 g/mol. The molecule has 1 N–H and O–H groups in total. The first-order valence-corrected chi connectivity index (χ1v) is 11.9. The lowest BCUT2D eigenvalue weighted by atomic mass is 9.85. The van der Waals surface area contributed by atoms with Crippen LogP contribution >= 0.6 is 9.39 Å². The SMILES string of the molecule is CO/C=C1/C[C@@H](C(=O)OCC(=O)c2ccc3c(c2)COc2cc4c(cc2-3)CCCC4=N)N(P)C1. The van der Waals surface area contributed by atoms with Crippen molar-refractivity contribution >= 4 is 26.9 Å². The molecule has 1 unspecified atom stereocenters. The number of Topliss-reactive ketones (excluding diaryl/α,β-unsaturated/α-hetero) is 1. The van der Waals surface area contributed by atoms with Gasteiger partial charge in [0.25, 0.3) is 0 Å². The van der Waals surface area contributed by atoms with Crippen molar-refractivity contribution in [2.45, 2.75) is 38.3 Å². The quantitative estimate of drug-likeness (QED) is 0.302. The van der Waals surface area contributed by atoms with Gasteiger partial charge in [-0.3, -0.25) is 14.3 Å². The summed E-state index contributed by atoms with van der Waals surface area (Å²) in [7, 11) is 4.10. The molecule has 34 heavy (non-hydrogen) atoms. The zero-order chi connectivity index (χ0) is 23.8. The van der Waals surface area contributed by atoms with Crippen LogP contribution < -0.4 is 4.74 Å². The lowest BCUT2D eigenvalue weighted by Crippen LogP contribution is -2.32. The van der Waals surface area contributed by atoms with Crippen LogP contribution in [0.25, 0.3) is 11.1 Å². The third kappa shape index (κ3) is 4.26. The van der Waals surface area contributed by atoms with Gasteiger partial charge in [0.1, 0.15) is 18.4 Å². The van der Waals surface area contributed by atoms with Gasteiger partial charge in [0.15, 0.2) is 12.4 Å². The maximum atomic E-state index is 12.8. The second-order valence-corrected chi connectivity index (χ2v) is 9.60. The number of hydrogen-bond acceptors (Lipinski definition) is 7. The van der Waals surface area contributed by atoms with Crippen LogP contribution in [0, 0.1) is 5.41 Å². The Hall–Kier alpha value is -3.02. The molecule has 0 radical (unpaired) electrons. The molecule has 0 amide bonds. The molecule has 2 atom stereocenters. The van der Waals surface area contributed by atoms with Crippen LogP contribution in [-0.4, -0.2) is 48.4 Å². The maximum Gasteiger partial charge on any atom is 0.324 e. The van der Waals surface area contributed by atoms with Gasteiger partial charge in [0, 0.05) is 28.9 Å². The molecule has 5 rings (SSSR count). The molecule has 2 aliphatic heterocycles. The molecule has 3 aliphatic rings. The molecule has 2 aromatic carbocycles. The van der Waals surface area contributed by atoms with Crippen LogP contribution in [-0.2, 0) is 27.3 Å². The first-order valence-electron chi connectivity index (χ1n) is 11.4. The standard InChI is InChI=1S/C26H27N2O5P/c1-31-12-15-7-23(28(34)11-15)26(30)33-14-24(29)17-5-6-19-18(8-17)13-32-25-10-20-16(9-21(19)25)3-2-4-22(20)27/h5-6,8-10,12,23,27H,2-4,7,11,13-14,34H2,1H3/b15-12-,27-22?/t23-/m0/s1. The summed E-state index contributed by atoms with van der Waals surface area (Å²) in [6, 6.07) is 9.21. The Morgan fingerprint density at radius 1 is 1.18 bits per heavy atom. The molecule has 8 heteroatoms. The van der Waals surface area contributed by atoms with Gasteiger partial charge in [-0.05, 0) is 66.1 Å². The van der Waals surface area contributed by atoms with E-state index in [2.05, 4.69) is 15.5 Å². The molecular formula is C26H27N2O5P. The monoisotopic (exact) mass is 478 g/mol. The molecule has 2 aromatic rings. The number of benzene rings is 2. The van der Waals surface area contributed by atoms with Gasteiger partial charge < -0.3 is 19.6 Å².